The van der Waals surface area contributed by atoms with E-state index >= 15 is 0 Å². The number of hydrogen-bond acceptors (Lipinski definition) is 6. The minimum atomic E-state index is -3.98. The second-order valence-electron chi connectivity index (χ2n) is 8.83. The van der Waals surface area contributed by atoms with E-state index < -0.39 is 21.7 Å². The van der Waals surface area contributed by atoms with E-state index in [2.05, 4.69) is 10.5 Å². The number of aromatic nitrogens is 1. The van der Waals surface area contributed by atoms with Crippen LogP contribution in [0.2, 0.25) is 0 Å². The number of rotatable bonds is 8. The number of nitrogens with zero attached hydrogens (tertiary/aromatic N) is 2. The highest BCUT2D eigenvalue weighted by Gasteiger charge is 2.36. The van der Waals surface area contributed by atoms with Crippen molar-refractivity contribution in [2.24, 2.45) is 5.92 Å². The van der Waals surface area contributed by atoms with Gasteiger partial charge in [0, 0.05) is 43.1 Å². The number of hydrogen-bond donors (Lipinski definition) is 1. The first-order chi connectivity index (χ1) is 17.1. The summed E-state index contributed by atoms with van der Waals surface area (Å²) < 4.78 is 65.7. The summed E-state index contributed by atoms with van der Waals surface area (Å²) in [6.07, 6.45) is 5.48. The van der Waals surface area contributed by atoms with Gasteiger partial charge in [-0.2, -0.15) is 4.31 Å². The number of aryl methyl sites for hydroxylation is 1. The van der Waals surface area contributed by atoms with Crippen molar-refractivity contribution in [3.8, 4) is 0 Å². The summed E-state index contributed by atoms with van der Waals surface area (Å²) in [5, 5.41) is 6.75. The molecule has 1 unspecified atom stereocenters. The SMILES string of the molecule is Cc1noc(/C=C/c2ccc(F)cc2F)c1S(=O)(=O)N1CCC(C(=O)NC(C)Cc2ccco2)CC1. The van der Waals surface area contributed by atoms with Crippen LogP contribution in [0.5, 0.6) is 0 Å². The summed E-state index contributed by atoms with van der Waals surface area (Å²) in [6, 6.07) is 6.60. The zero-order valence-corrected chi connectivity index (χ0v) is 20.7. The molecule has 1 aliphatic heterocycles. The molecule has 36 heavy (non-hydrogen) atoms. The lowest BCUT2D eigenvalue weighted by Crippen LogP contribution is -2.45. The Labute approximate surface area is 208 Å². The van der Waals surface area contributed by atoms with Crippen LogP contribution in [-0.4, -0.2) is 42.9 Å². The van der Waals surface area contributed by atoms with Crippen molar-refractivity contribution in [2.75, 3.05) is 13.1 Å². The van der Waals surface area contributed by atoms with Crippen molar-refractivity contribution >= 4 is 28.1 Å². The number of furan rings is 1. The van der Waals surface area contributed by atoms with Crippen LogP contribution in [0.4, 0.5) is 8.78 Å². The molecular formula is C25H27F2N3O5S. The molecule has 0 radical (unpaired) electrons. The van der Waals surface area contributed by atoms with E-state index in [-0.39, 0.29) is 52.9 Å². The molecule has 1 fully saturated rings. The molecule has 1 saturated heterocycles. The van der Waals surface area contributed by atoms with Gasteiger partial charge >= 0.3 is 0 Å². The summed E-state index contributed by atoms with van der Waals surface area (Å²) in [6.45, 7) is 3.72. The van der Waals surface area contributed by atoms with E-state index in [0.717, 1.165) is 17.9 Å². The molecule has 11 heteroatoms. The van der Waals surface area contributed by atoms with Crippen LogP contribution in [0, 0.1) is 24.5 Å². The lowest BCUT2D eigenvalue weighted by atomic mass is 9.96. The minimum absolute atomic E-state index is 0.0529. The molecular weight excluding hydrogens is 492 g/mol. The Hall–Kier alpha value is -3.31. The van der Waals surface area contributed by atoms with Gasteiger partial charge in [-0.3, -0.25) is 4.79 Å². The van der Waals surface area contributed by atoms with Crippen LogP contribution >= 0.6 is 0 Å². The van der Waals surface area contributed by atoms with E-state index in [4.69, 9.17) is 8.94 Å². The van der Waals surface area contributed by atoms with Crippen molar-refractivity contribution in [3.05, 3.63) is 71.0 Å². The number of carbonyl (C=O) groups excluding carboxylic acids is 1. The molecule has 1 atom stereocenters. The lowest BCUT2D eigenvalue weighted by molar-refractivity contribution is -0.126. The molecule has 0 saturated carbocycles. The quantitative estimate of drug-likeness (QED) is 0.479. The van der Waals surface area contributed by atoms with E-state index in [1.165, 1.54) is 29.4 Å². The predicted octanol–water partition coefficient (Wildman–Crippen LogP) is 4.17. The molecule has 3 heterocycles. The summed E-state index contributed by atoms with van der Waals surface area (Å²) in [4.78, 5) is 12.6. The van der Waals surface area contributed by atoms with Gasteiger partial charge in [-0.25, -0.2) is 17.2 Å². The largest absolute Gasteiger partial charge is 0.469 e. The van der Waals surface area contributed by atoms with Gasteiger partial charge in [0.15, 0.2) is 10.7 Å². The van der Waals surface area contributed by atoms with Crippen LogP contribution in [0.25, 0.3) is 12.2 Å². The second kappa shape index (κ2) is 10.8. The van der Waals surface area contributed by atoms with Gasteiger partial charge in [0.2, 0.25) is 15.9 Å². The number of sulfonamides is 1. The number of benzene rings is 1. The molecule has 0 spiro atoms. The molecule has 3 aromatic rings. The molecule has 1 amide bonds. The lowest BCUT2D eigenvalue weighted by Gasteiger charge is -2.31. The van der Waals surface area contributed by atoms with E-state index in [0.29, 0.717) is 19.3 Å². The maximum atomic E-state index is 14.0. The van der Waals surface area contributed by atoms with Crippen LogP contribution in [0.1, 0.15) is 42.5 Å². The third-order valence-corrected chi connectivity index (χ3v) is 8.17. The Balaban J connectivity index is 1.41. The molecule has 8 nitrogen and oxygen atoms in total. The van der Waals surface area contributed by atoms with Gasteiger partial charge in [-0.05, 0) is 63.1 Å². The molecule has 192 valence electrons. The first-order valence-electron chi connectivity index (χ1n) is 11.6. The molecule has 0 bridgehead atoms. The highest BCUT2D eigenvalue weighted by atomic mass is 32.2. The summed E-state index contributed by atoms with van der Waals surface area (Å²) in [5.41, 5.74) is 0.239. The van der Waals surface area contributed by atoms with Gasteiger partial charge < -0.3 is 14.3 Å². The normalized spacial score (nSPS) is 16.4. The fourth-order valence-electron chi connectivity index (χ4n) is 4.23. The zero-order valence-electron chi connectivity index (χ0n) is 19.9. The predicted molar refractivity (Wildman–Crippen MR) is 128 cm³/mol. The average Bonchev–Trinajstić information content (AvgIpc) is 3.48. The average molecular weight is 520 g/mol. The Bertz CT molecular complexity index is 1340. The Morgan fingerprint density at radius 1 is 1.25 bits per heavy atom. The highest BCUT2D eigenvalue weighted by Crippen LogP contribution is 2.29. The van der Waals surface area contributed by atoms with Gasteiger partial charge in [-0.15, -0.1) is 0 Å². The molecule has 4 rings (SSSR count). The Morgan fingerprint density at radius 2 is 2.00 bits per heavy atom. The summed E-state index contributed by atoms with van der Waals surface area (Å²) in [5.74, 6) is -1.20. The number of halogens is 2. The topological polar surface area (TPSA) is 106 Å². The van der Waals surface area contributed by atoms with Gasteiger partial charge in [-0.1, -0.05) is 5.16 Å². The standard InChI is InChI=1S/C25H27F2N3O5S/c1-16(14-21-4-3-13-34-21)28-25(31)19-9-11-30(12-10-19)36(32,33)24-17(2)29-35-23(24)8-6-18-5-7-20(26)15-22(18)27/h3-8,13,15-16,19H,9-12,14H2,1-2H3,(H,28,31)/b8-6+. The first kappa shape index (κ1) is 25.8. The van der Waals surface area contributed by atoms with Crippen molar-refractivity contribution in [1.29, 1.82) is 0 Å². The maximum absolute atomic E-state index is 14.0. The van der Waals surface area contributed by atoms with E-state index in [1.807, 2.05) is 13.0 Å². The number of carbonyl (C=O) groups is 1. The number of nitrogens with one attached hydrogen (secondary N) is 1. The fourth-order valence-corrected chi connectivity index (χ4v) is 5.95. The monoisotopic (exact) mass is 519 g/mol. The molecule has 1 N–H and O–H groups in total. The number of piperidine rings is 1. The van der Waals surface area contributed by atoms with Crippen LogP contribution in [0.3, 0.4) is 0 Å². The summed E-state index contributed by atoms with van der Waals surface area (Å²) >= 11 is 0. The molecule has 1 aromatic carbocycles. The van der Waals surface area contributed by atoms with Gasteiger partial charge in [0.1, 0.15) is 23.1 Å². The van der Waals surface area contributed by atoms with Crippen LogP contribution in [-0.2, 0) is 21.2 Å². The van der Waals surface area contributed by atoms with Crippen molar-refractivity contribution < 1.29 is 30.9 Å². The smallest absolute Gasteiger partial charge is 0.248 e. The van der Waals surface area contributed by atoms with E-state index in [9.17, 15) is 22.0 Å². The molecule has 2 aromatic heterocycles. The Kier molecular flexibility index (Phi) is 7.70. The third-order valence-electron chi connectivity index (χ3n) is 6.11. The van der Waals surface area contributed by atoms with Crippen molar-refractivity contribution in [1.82, 2.24) is 14.8 Å². The van der Waals surface area contributed by atoms with Gasteiger partial charge in [0.25, 0.3) is 0 Å². The van der Waals surface area contributed by atoms with Crippen molar-refractivity contribution in [3.63, 3.8) is 0 Å². The van der Waals surface area contributed by atoms with Crippen LogP contribution < -0.4 is 5.32 Å². The van der Waals surface area contributed by atoms with Gasteiger partial charge in [0.05, 0.1) is 6.26 Å². The second-order valence-corrected chi connectivity index (χ2v) is 10.7. The maximum Gasteiger partial charge on any atom is 0.248 e. The minimum Gasteiger partial charge on any atom is -0.469 e. The third kappa shape index (κ3) is 5.73. The van der Waals surface area contributed by atoms with Crippen LogP contribution in [0.15, 0.2) is 50.4 Å². The summed E-state index contributed by atoms with van der Waals surface area (Å²) in [7, 11) is -3.98. The molecule has 1 aliphatic rings. The zero-order chi connectivity index (χ0) is 25.9. The van der Waals surface area contributed by atoms with Crippen molar-refractivity contribution in [2.45, 2.75) is 44.0 Å². The van der Waals surface area contributed by atoms with E-state index in [1.54, 1.807) is 12.3 Å². The Morgan fingerprint density at radius 3 is 2.67 bits per heavy atom. The first-order valence-corrected chi connectivity index (χ1v) is 13.0. The number of amides is 1. The highest BCUT2D eigenvalue weighted by molar-refractivity contribution is 7.89. The fraction of sp³-hybridized carbons (Fsp3) is 0.360. The molecule has 0 aliphatic carbocycles.